The molecular weight excluding hydrogens is 264 g/mol. The number of nitrogens with one attached hydrogen (secondary N) is 1. The minimum absolute atomic E-state index is 0.441. The van der Waals surface area contributed by atoms with Crippen LogP contribution in [0, 0.1) is 6.92 Å². The highest BCUT2D eigenvalue weighted by Crippen LogP contribution is 2.18. The zero-order valence-electron chi connectivity index (χ0n) is 12.0. The van der Waals surface area contributed by atoms with E-state index in [4.69, 9.17) is 4.74 Å². The van der Waals surface area contributed by atoms with E-state index in [1.165, 1.54) is 11.1 Å². The maximum absolute atomic E-state index is 12.0. The number of hydrazine groups is 1. The van der Waals surface area contributed by atoms with Gasteiger partial charge >= 0.3 is 6.09 Å². The number of carbonyl (C=O) groups is 1. The van der Waals surface area contributed by atoms with Gasteiger partial charge in [0.15, 0.2) is 0 Å². The molecule has 21 heavy (non-hydrogen) atoms. The van der Waals surface area contributed by atoms with Crippen LogP contribution in [0.5, 0.6) is 5.75 Å². The van der Waals surface area contributed by atoms with Crippen molar-refractivity contribution in [1.29, 1.82) is 0 Å². The number of fused-ring (bicyclic) bond motifs is 1. The van der Waals surface area contributed by atoms with Crippen molar-refractivity contribution in [2.24, 2.45) is 0 Å². The van der Waals surface area contributed by atoms with Crippen LogP contribution in [0.4, 0.5) is 4.79 Å². The highest BCUT2D eigenvalue weighted by Gasteiger charge is 2.18. The number of aryl methyl sites for hydroxylation is 1. The molecule has 1 aliphatic rings. The molecule has 1 amide bonds. The van der Waals surface area contributed by atoms with Crippen LogP contribution in [0.15, 0.2) is 48.5 Å². The number of carbonyl (C=O) groups excluding carboxylic acids is 1. The Morgan fingerprint density at radius 2 is 1.81 bits per heavy atom. The molecule has 3 rings (SSSR count). The van der Waals surface area contributed by atoms with E-state index in [0.717, 1.165) is 18.5 Å². The predicted octanol–water partition coefficient (Wildman–Crippen LogP) is 3.06. The second-order valence-corrected chi connectivity index (χ2v) is 5.21. The maximum atomic E-state index is 12.0. The van der Waals surface area contributed by atoms with Gasteiger partial charge in [-0.1, -0.05) is 42.5 Å². The molecule has 1 N–H and O–H groups in total. The minimum Gasteiger partial charge on any atom is -0.409 e. The molecule has 1 heterocycles. The van der Waals surface area contributed by atoms with Gasteiger partial charge in [0.25, 0.3) is 0 Å². The van der Waals surface area contributed by atoms with Gasteiger partial charge in [0.05, 0.1) is 0 Å². The van der Waals surface area contributed by atoms with Crippen LogP contribution in [-0.2, 0) is 13.0 Å². The Kier molecular flexibility index (Phi) is 3.88. The van der Waals surface area contributed by atoms with Crippen molar-refractivity contribution in [1.82, 2.24) is 10.4 Å². The van der Waals surface area contributed by atoms with Crippen LogP contribution in [0.3, 0.4) is 0 Å². The fourth-order valence-electron chi connectivity index (χ4n) is 2.51. The molecule has 0 unspecified atom stereocenters. The standard InChI is InChI=1S/C17H18N2O2/c1-13-6-2-5-9-16(13)21-17(20)18-19-11-10-14-7-3-4-8-15(14)12-19/h2-9H,10-12H2,1H3,(H,18,20). The number of nitrogens with zero attached hydrogens (tertiary/aromatic N) is 1. The van der Waals surface area contributed by atoms with Crippen LogP contribution in [0.1, 0.15) is 16.7 Å². The molecule has 0 aliphatic carbocycles. The van der Waals surface area contributed by atoms with Gasteiger partial charge < -0.3 is 4.74 Å². The molecule has 0 saturated heterocycles. The van der Waals surface area contributed by atoms with E-state index in [2.05, 4.69) is 17.6 Å². The van der Waals surface area contributed by atoms with E-state index in [-0.39, 0.29) is 0 Å². The maximum Gasteiger partial charge on any atom is 0.427 e. The van der Waals surface area contributed by atoms with Gasteiger partial charge in [0.1, 0.15) is 5.75 Å². The zero-order chi connectivity index (χ0) is 14.7. The van der Waals surface area contributed by atoms with Gasteiger partial charge in [-0.2, -0.15) is 0 Å². The lowest BCUT2D eigenvalue weighted by Gasteiger charge is -2.28. The molecule has 4 heteroatoms. The molecule has 108 valence electrons. The number of benzene rings is 2. The average Bonchev–Trinajstić information content (AvgIpc) is 2.49. The first-order chi connectivity index (χ1) is 10.2. The zero-order valence-corrected chi connectivity index (χ0v) is 12.0. The largest absolute Gasteiger partial charge is 0.427 e. The van der Waals surface area contributed by atoms with Crippen molar-refractivity contribution in [3.05, 3.63) is 65.2 Å². The van der Waals surface area contributed by atoms with Gasteiger partial charge in [0, 0.05) is 13.1 Å². The third-order valence-electron chi connectivity index (χ3n) is 3.68. The van der Waals surface area contributed by atoms with E-state index in [1.807, 2.05) is 42.3 Å². The first-order valence-electron chi connectivity index (χ1n) is 7.08. The molecule has 0 bridgehead atoms. The van der Waals surface area contributed by atoms with Gasteiger partial charge in [-0.15, -0.1) is 0 Å². The van der Waals surface area contributed by atoms with E-state index >= 15 is 0 Å². The Bertz CT molecular complexity index is 655. The Labute approximate surface area is 124 Å². The van der Waals surface area contributed by atoms with Gasteiger partial charge in [-0.05, 0) is 36.1 Å². The fourth-order valence-corrected chi connectivity index (χ4v) is 2.51. The summed E-state index contributed by atoms with van der Waals surface area (Å²) >= 11 is 0. The van der Waals surface area contributed by atoms with E-state index in [0.29, 0.717) is 12.3 Å². The molecule has 4 nitrogen and oxygen atoms in total. The summed E-state index contributed by atoms with van der Waals surface area (Å²) in [7, 11) is 0. The molecule has 1 aliphatic heterocycles. The van der Waals surface area contributed by atoms with Gasteiger partial charge in [-0.3, -0.25) is 5.43 Å². The monoisotopic (exact) mass is 282 g/mol. The molecule has 0 fully saturated rings. The smallest absolute Gasteiger partial charge is 0.409 e. The lowest BCUT2D eigenvalue weighted by molar-refractivity contribution is 0.135. The summed E-state index contributed by atoms with van der Waals surface area (Å²) in [6.45, 7) is 3.42. The number of amides is 1. The number of hydrogen-bond acceptors (Lipinski definition) is 3. The third-order valence-corrected chi connectivity index (χ3v) is 3.68. The number of hydrogen-bond donors (Lipinski definition) is 1. The Balaban J connectivity index is 1.60. The van der Waals surface area contributed by atoms with Gasteiger partial charge in [0.2, 0.25) is 0 Å². The summed E-state index contributed by atoms with van der Waals surface area (Å²) in [5, 5.41) is 1.89. The number of para-hydroxylation sites is 1. The second-order valence-electron chi connectivity index (χ2n) is 5.21. The second kappa shape index (κ2) is 5.97. The summed E-state index contributed by atoms with van der Waals surface area (Å²) < 4.78 is 5.34. The van der Waals surface area contributed by atoms with Crippen molar-refractivity contribution in [3.63, 3.8) is 0 Å². The van der Waals surface area contributed by atoms with Crippen LogP contribution in [0.25, 0.3) is 0 Å². The lowest BCUT2D eigenvalue weighted by atomic mass is 10.0. The summed E-state index contributed by atoms with van der Waals surface area (Å²) in [6.07, 6.45) is 0.490. The van der Waals surface area contributed by atoms with Crippen LogP contribution in [0.2, 0.25) is 0 Å². The number of rotatable bonds is 2. The lowest BCUT2D eigenvalue weighted by Crippen LogP contribution is -2.46. The van der Waals surface area contributed by atoms with Crippen LogP contribution < -0.4 is 10.2 Å². The van der Waals surface area contributed by atoms with E-state index in [1.54, 1.807) is 6.07 Å². The Hall–Kier alpha value is -2.33. The average molecular weight is 282 g/mol. The quantitative estimate of drug-likeness (QED) is 0.920. The molecular formula is C17H18N2O2. The van der Waals surface area contributed by atoms with Crippen molar-refractivity contribution in [2.45, 2.75) is 19.9 Å². The van der Waals surface area contributed by atoms with Crippen LogP contribution >= 0.6 is 0 Å². The molecule has 0 spiro atoms. The van der Waals surface area contributed by atoms with E-state index < -0.39 is 6.09 Å². The normalized spacial score (nSPS) is 14.3. The molecule has 0 saturated carbocycles. The summed E-state index contributed by atoms with van der Waals surface area (Å²) in [5.41, 5.74) is 6.35. The summed E-state index contributed by atoms with van der Waals surface area (Å²) in [4.78, 5) is 12.0. The van der Waals surface area contributed by atoms with Gasteiger partial charge in [-0.25, -0.2) is 9.80 Å². The topological polar surface area (TPSA) is 41.6 Å². The van der Waals surface area contributed by atoms with Crippen molar-refractivity contribution in [2.75, 3.05) is 6.54 Å². The molecule has 0 radical (unpaired) electrons. The van der Waals surface area contributed by atoms with E-state index in [9.17, 15) is 4.79 Å². The van der Waals surface area contributed by atoms with Crippen molar-refractivity contribution in [3.8, 4) is 5.75 Å². The number of ether oxygens (including phenoxy) is 1. The molecule has 2 aromatic rings. The first-order valence-corrected chi connectivity index (χ1v) is 7.08. The Morgan fingerprint density at radius 1 is 1.10 bits per heavy atom. The van der Waals surface area contributed by atoms with Crippen molar-refractivity contribution >= 4 is 6.09 Å². The first kappa shape index (κ1) is 13.6. The molecule has 0 aromatic heterocycles. The van der Waals surface area contributed by atoms with Crippen LogP contribution in [-0.4, -0.2) is 17.6 Å². The molecule has 2 aromatic carbocycles. The summed E-state index contributed by atoms with van der Waals surface area (Å²) in [5.74, 6) is 0.590. The predicted molar refractivity (Wildman–Crippen MR) is 80.9 cm³/mol. The summed E-state index contributed by atoms with van der Waals surface area (Å²) in [6, 6.07) is 15.8. The Morgan fingerprint density at radius 3 is 2.62 bits per heavy atom. The fraction of sp³-hybridized carbons (Fsp3) is 0.235. The highest BCUT2D eigenvalue weighted by molar-refractivity contribution is 5.70. The minimum atomic E-state index is -0.441. The third kappa shape index (κ3) is 3.23. The molecule has 0 atom stereocenters. The SMILES string of the molecule is Cc1ccccc1OC(=O)NN1CCc2ccccc2C1. The van der Waals surface area contributed by atoms with Crippen molar-refractivity contribution < 1.29 is 9.53 Å². The highest BCUT2D eigenvalue weighted by atomic mass is 16.6.